The lowest BCUT2D eigenvalue weighted by molar-refractivity contribution is -0.128. The zero-order valence-electron chi connectivity index (χ0n) is 10.9. The van der Waals surface area contributed by atoms with E-state index in [1.165, 1.54) is 0 Å². The van der Waals surface area contributed by atoms with Gasteiger partial charge in [0.25, 0.3) is 0 Å². The standard InChI is InChI=1S/C15H12ClNO4/c16-8-2-1-3-9(6-8)17-13(19)11-10-4-5-15(7-18,21-10)12(11)14(17)20/h1-6,10-12,18H,7H2/t10-,11+,12+,15-/m1/s1. The van der Waals surface area contributed by atoms with E-state index in [9.17, 15) is 14.7 Å². The normalized spacial score (nSPS) is 36.7. The van der Waals surface area contributed by atoms with Crippen LogP contribution >= 0.6 is 11.6 Å². The number of benzene rings is 1. The monoisotopic (exact) mass is 305 g/mol. The van der Waals surface area contributed by atoms with Crippen LogP contribution in [-0.2, 0) is 14.3 Å². The Labute approximate surface area is 125 Å². The summed E-state index contributed by atoms with van der Waals surface area (Å²) in [5, 5.41) is 10.1. The van der Waals surface area contributed by atoms with Gasteiger partial charge < -0.3 is 9.84 Å². The van der Waals surface area contributed by atoms with Gasteiger partial charge in [0, 0.05) is 5.02 Å². The molecule has 0 aromatic heterocycles. The Morgan fingerprint density at radius 2 is 2.14 bits per heavy atom. The molecule has 0 saturated carbocycles. The second-order valence-corrected chi connectivity index (χ2v) is 5.99. The molecule has 4 atom stereocenters. The minimum atomic E-state index is -1.06. The number of hydrogen-bond acceptors (Lipinski definition) is 4. The molecule has 5 nitrogen and oxygen atoms in total. The molecular formula is C15H12ClNO4. The quantitative estimate of drug-likeness (QED) is 0.657. The van der Waals surface area contributed by atoms with Crippen molar-refractivity contribution in [3.8, 4) is 0 Å². The predicted octanol–water partition coefficient (Wildman–Crippen LogP) is 1.15. The Bertz CT molecular complexity index is 688. The molecule has 3 aliphatic rings. The summed E-state index contributed by atoms with van der Waals surface area (Å²) >= 11 is 5.94. The van der Waals surface area contributed by atoms with Crippen LogP contribution in [0.2, 0.25) is 5.02 Å². The number of amides is 2. The minimum Gasteiger partial charge on any atom is -0.393 e. The number of carbonyl (C=O) groups is 2. The van der Waals surface area contributed by atoms with Crippen molar-refractivity contribution < 1.29 is 19.4 Å². The van der Waals surface area contributed by atoms with E-state index in [4.69, 9.17) is 16.3 Å². The van der Waals surface area contributed by atoms with Crippen LogP contribution in [0, 0.1) is 11.8 Å². The summed E-state index contributed by atoms with van der Waals surface area (Å²) < 4.78 is 5.67. The third-order valence-electron chi connectivity index (χ3n) is 4.47. The van der Waals surface area contributed by atoms with Crippen molar-refractivity contribution in [3.05, 3.63) is 41.4 Å². The van der Waals surface area contributed by atoms with Crippen molar-refractivity contribution in [3.63, 3.8) is 0 Å². The minimum absolute atomic E-state index is 0.294. The molecule has 2 fully saturated rings. The van der Waals surface area contributed by atoms with Gasteiger partial charge in [-0.25, -0.2) is 4.90 Å². The maximum atomic E-state index is 12.7. The number of halogens is 1. The van der Waals surface area contributed by atoms with Gasteiger partial charge in [-0.15, -0.1) is 0 Å². The van der Waals surface area contributed by atoms with Gasteiger partial charge in [-0.1, -0.05) is 29.8 Å². The molecule has 3 aliphatic heterocycles. The van der Waals surface area contributed by atoms with E-state index in [0.717, 1.165) is 4.90 Å². The SMILES string of the molecule is O=C1[C@@H]2[C@@H](C(=O)N1c1cccc(Cl)c1)[C@]1(CO)C=C[C@H]2O1. The highest BCUT2D eigenvalue weighted by atomic mass is 35.5. The first-order valence-electron chi connectivity index (χ1n) is 6.69. The van der Waals surface area contributed by atoms with Gasteiger partial charge in [0.15, 0.2) is 0 Å². The first kappa shape index (κ1) is 13.0. The first-order valence-corrected chi connectivity index (χ1v) is 7.07. The molecular weight excluding hydrogens is 294 g/mol. The number of fused-ring (bicyclic) bond motifs is 5. The lowest BCUT2D eigenvalue weighted by Crippen LogP contribution is -2.43. The predicted molar refractivity (Wildman–Crippen MR) is 74.8 cm³/mol. The molecule has 0 aliphatic carbocycles. The average molecular weight is 306 g/mol. The molecule has 1 aromatic carbocycles. The van der Waals surface area contributed by atoms with Gasteiger partial charge in [-0.3, -0.25) is 9.59 Å². The van der Waals surface area contributed by atoms with Crippen LogP contribution in [0.5, 0.6) is 0 Å². The van der Waals surface area contributed by atoms with Crippen molar-refractivity contribution in [1.82, 2.24) is 0 Å². The largest absolute Gasteiger partial charge is 0.393 e. The number of rotatable bonds is 2. The molecule has 0 spiro atoms. The van der Waals surface area contributed by atoms with Crippen LogP contribution in [0.3, 0.4) is 0 Å². The van der Waals surface area contributed by atoms with E-state index in [1.54, 1.807) is 36.4 Å². The van der Waals surface area contributed by atoms with Gasteiger partial charge in [-0.2, -0.15) is 0 Å². The summed E-state index contributed by atoms with van der Waals surface area (Å²) in [6.07, 6.45) is 3.01. The smallest absolute Gasteiger partial charge is 0.241 e. The molecule has 3 heterocycles. The number of ether oxygens (including phenoxy) is 1. The van der Waals surface area contributed by atoms with E-state index in [-0.39, 0.29) is 18.4 Å². The molecule has 4 rings (SSSR count). The van der Waals surface area contributed by atoms with Gasteiger partial charge in [-0.05, 0) is 18.2 Å². The van der Waals surface area contributed by atoms with Crippen LogP contribution < -0.4 is 4.90 Å². The molecule has 108 valence electrons. The summed E-state index contributed by atoms with van der Waals surface area (Å²) in [7, 11) is 0. The number of carbonyl (C=O) groups excluding carboxylic acids is 2. The van der Waals surface area contributed by atoms with Crippen LogP contribution in [-0.4, -0.2) is 35.2 Å². The fourth-order valence-corrected chi connectivity index (χ4v) is 3.74. The highest BCUT2D eigenvalue weighted by molar-refractivity contribution is 6.31. The second kappa shape index (κ2) is 4.16. The lowest BCUT2D eigenvalue weighted by Gasteiger charge is -2.26. The van der Waals surface area contributed by atoms with Crippen LogP contribution in [0.25, 0.3) is 0 Å². The van der Waals surface area contributed by atoms with E-state index in [2.05, 4.69) is 0 Å². The summed E-state index contributed by atoms with van der Waals surface area (Å²) in [5.74, 6) is -1.86. The van der Waals surface area contributed by atoms with E-state index >= 15 is 0 Å². The first-order chi connectivity index (χ1) is 10.1. The summed E-state index contributed by atoms with van der Waals surface area (Å²) in [6.45, 7) is -0.316. The number of nitrogens with zero attached hydrogens (tertiary/aromatic N) is 1. The van der Waals surface area contributed by atoms with Gasteiger partial charge in [0.1, 0.15) is 5.60 Å². The summed E-state index contributed by atoms with van der Waals surface area (Å²) in [4.78, 5) is 26.5. The van der Waals surface area contributed by atoms with Crippen molar-refractivity contribution in [2.45, 2.75) is 11.7 Å². The van der Waals surface area contributed by atoms with Crippen molar-refractivity contribution in [1.29, 1.82) is 0 Å². The summed E-state index contributed by atoms with van der Waals surface area (Å²) in [6, 6.07) is 6.63. The topological polar surface area (TPSA) is 66.8 Å². The van der Waals surface area contributed by atoms with E-state index in [0.29, 0.717) is 10.7 Å². The highest BCUT2D eigenvalue weighted by Gasteiger charge is 2.67. The molecule has 2 bridgehead atoms. The fraction of sp³-hybridized carbons (Fsp3) is 0.333. The average Bonchev–Trinajstić information content (AvgIpc) is 3.10. The number of anilines is 1. The van der Waals surface area contributed by atoms with Crippen molar-refractivity contribution in [2.75, 3.05) is 11.5 Å². The third-order valence-corrected chi connectivity index (χ3v) is 4.70. The van der Waals surface area contributed by atoms with Crippen molar-refractivity contribution in [2.24, 2.45) is 11.8 Å². The second-order valence-electron chi connectivity index (χ2n) is 5.55. The zero-order chi connectivity index (χ0) is 14.8. The Morgan fingerprint density at radius 1 is 1.33 bits per heavy atom. The highest BCUT2D eigenvalue weighted by Crippen LogP contribution is 2.52. The zero-order valence-corrected chi connectivity index (χ0v) is 11.7. The molecule has 0 radical (unpaired) electrons. The molecule has 2 saturated heterocycles. The number of aliphatic hydroxyl groups is 1. The number of imide groups is 1. The molecule has 2 amide bonds. The van der Waals surface area contributed by atoms with Gasteiger partial charge in [0.2, 0.25) is 11.8 Å². The summed E-state index contributed by atoms with van der Waals surface area (Å²) in [5.41, 5.74) is -0.602. The Morgan fingerprint density at radius 3 is 2.86 bits per heavy atom. The maximum absolute atomic E-state index is 12.7. The molecule has 1 aromatic rings. The Hall–Kier alpha value is -1.69. The third kappa shape index (κ3) is 1.54. The molecule has 0 unspecified atom stereocenters. The van der Waals surface area contributed by atoms with Crippen LogP contribution in [0.4, 0.5) is 5.69 Å². The lowest BCUT2D eigenvalue weighted by atomic mass is 9.77. The van der Waals surface area contributed by atoms with Crippen molar-refractivity contribution >= 4 is 29.1 Å². The maximum Gasteiger partial charge on any atom is 0.241 e. The van der Waals surface area contributed by atoms with Gasteiger partial charge >= 0.3 is 0 Å². The van der Waals surface area contributed by atoms with Crippen LogP contribution in [0.15, 0.2) is 36.4 Å². The van der Waals surface area contributed by atoms with E-state index in [1.807, 2.05) is 0 Å². The number of aliphatic hydroxyl groups excluding tert-OH is 1. The molecule has 21 heavy (non-hydrogen) atoms. The molecule has 6 heteroatoms. The molecule has 1 N–H and O–H groups in total. The Kier molecular flexibility index (Phi) is 2.58. The van der Waals surface area contributed by atoms with E-state index < -0.39 is 23.5 Å². The van der Waals surface area contributed by atoms with Crippen LogP contribution in [0.1, 0.15) is 0 Å². The fourth-order valence-electron chi connectivity index (χ4n) is 3.55. The Balaban J connectivity index is 1.79. The number of hydrogen-bond donors (Lipinski definition) is 1. The van der Waals surface area contributed by atoms with Gasteiger partial charge in [0.05, 0.1) is 30.2 Å².